The molecule has 0 fully saturated rings. The molecule has 0 aliphatic heterocycles. The number of nitrogens with one attached hydrogen (secondary N) is 1. The first-order valence-corrected chi connectivity index (χ1v) is 7.98. The Kier molecular flexibility index (Phi) is 4.71. The molecule has 118 valence electrons. The van der Waals surface area contributed by atoms with Crippen LogP contribution in [0.1, 0.15) is 30.8 Å². The van der Waals surface area contributed by atoms with E-state index in [1.165, 1.54) is 5.56 Å². The van der Waals surface area contributed by atoms with Crippen LogP contribution >= 0.6 is 0 Å². The van der Waals surface area contributed by atoms with Gasteiger partial charge in [0.05, 0.1) is 17.1 Å². The van der Waals surface area contributed by atoms with E-state index in [1.807, 2.05) is 31.2 Å². The van der Waals surface area contributed by atoms with E-state index in [0.717, 1.165) is 42.7 Å². The smallest absolute Gasteiger partial charge is 0.207 e. The highest BCUT2D eigenvalue weighted by Gasteiger charge is 2.15. The number of hydrogen-bond donors (Lipinski definition) is 1. The molecule has 0 saturated heterocycles. The van der Waals surface area contributed by atoms with E-state index in [-0.39, 0.29) is 6.04 Å². The minimum absolute atomic E-state index is 0.100. The molecule has 23 heavy (non-hydrogen) atoms. The van der Waals surface area contributed by atoms with E-state index >= 15 is 0 Å². The molecule has 4 heteroatoms. The van der Waals surface area contributed by atoms with Crippen LogP contribution in [-0.2, 0) is 17.8 Å². The lowest BCUT2D eigenvalue weighted by Gasteiger charge is -2.14. The van der Waals surface area contributed by atoms with Crippen molar-refractivity contribution in [1.29, 1.82) is 0 Å². The van der Waals surface area contributed by atoms with Crippen LogP contribution in [0.4, 0.5) is 0 Å². The number of carbonyl (C=O) groups excluding carboxylic acids is 1. The quantitative estimate of drug-likeness (QED) is 0.679. The summed E-state index contributed by atoms with van der Waals surface area (Å²) in [4.78, 5) is 15.5. The number of fused-ring (bicyclic) bond motifs is 1. The molecule has 0 saturated carbocycles. The van der Waals surface area contributed by atoms with Crippen molar-refractivity contribution in [2.75, 3.05) is 0 Å². The molecule has 0 aliphatic rings. The van der Waals surface area contributed by atoms with Crippen LogP contribution in [0.3, 0.4) is 0 Å². The van der Waals surface area contributed by atoms with E-state index in [4.69, 9.17) is 4.98 Å². The van der Waals surface area contributed by atoms with Crippen molar-refractivity contribution in [3.63, 3.8) is 0 Å². The lowest BCUT2D eigenvalue weighted by molar-refractivity contribution is -0.110. The number of imidazole rings is 1. The van der Waals surface area contributed by atoms with Gasteiger partial charge in [-0.3, -0.25) is 4.79 Å². The Balaban J connectivity index is 1.82. The summed E-state index contributed by atoms with van der Waals surface area (Å²) in [5, 5.41) is 2.81. The Morgan fingerprint density at radius 1 is 1.13 bits per heavy atom. The van der Waals surface area contributed by atoms with Gasteiger partial charge in [0.1, 0.15) is 5.82 Å². The summed E-state index contributed by atoms with van der Waals surface area (Å²) < 4.78 is 2.22. The van der Waals surface area contributed by atoms with Crippen LogP contribution in [0.25, 0.3) is 11.0 Å². The second kappa shape index (κ2) is 7.09. The molecule has 0 aliphatic carbocycles. The van der Waals surface area contributed by atoms with Crippen LogP contribution in [0.15, 0.2) is 54.6 Å². The highest BCUT2D eigenvalue weighted by molar-refractivity contribution is 5.76. The van der Waals surface area contributed by atoms with E-state index < -0.39 is 0 Å². The maximum Gasteiger partial charge on any atom is 0.207 e. The van der Waals surface area contributed by atoms with Crippen LogP contribution in [0.2, 0.25) is 0 Å². The number of hydrogen-bond acceptors (Lipinski definition) is 2. The standard InChI is InChI=1S/C19H21N3O/c1-15(20-14-23)19-21-17-11-5-6-12-18(17)22(19)13-7-10-16-8-3-2-4-9-16/h2-6,8-9,11-12,14-15H,7,10,13H2,1H3,(H,20,23)/t15-/m1/s1. The van der Waals surface area contributed by atoms with Crippen molar-refractivity contribution in [3.05, 3.63) is 66.0 Å². The van der Waals surface area contributed by atoms with Gasteiger partial charge in [0.25, 0.3) is 0 Å². The minimum atomic E-state index is -0.100. The van der Waals surface area contributed by atoms with Crippen molar-refractivity contribution in [2.24, 2.45) is 0 Å². The van der Waals surface area contributed by atoms with Gasteiger partial charge in [-0.1, -0.05) is 42.5 Å². The number of amides is 1. The summed E-state index contributed by atoms with van der Waals surface area (Å²) in [7, 11) is 0. The Morgan fingerprint density at radius 3 is 2.65 bits per heavy atom. The molecule has 0 spiro atoms. The fourth-order valence-corrected chi connectivity index (χ4v) is 2.92. The van der Waals surface area contributed by atoms with Crippen molar-refractivity contribution in [3.8, 4) is 0 Å². The number of benzene rings is 2. The number of aromatic nitrogens is 2. The first-order chi connectivity index (χ1) is 11.3. The van der Waals surface area contributed by atoms with E-state index in [0.29, 0.717) is 0 Å². The molecule has 1 amide bonds. The zero-order chi connectivity index (χ0) is 16.1. The SMILES string of the molecule is C[C@@H](NC=O)c1nc2ccccc2n1CCCc1ccccc1. The summed E-state index contributed by atoms with van der Waals surface area (Å²) in [6, 6.07) is 18.5. The summed E-state index contributed by atoms with van der Waals surface area (Å²) in [5.41, 5.74) is 3.44. The first-order valence-electron chi connectivity index (χ1n) is 7.98. The van der Waals surface area contributed by atoms with Gasteiger partial charge in [-0.25, -0.2) is 4.98 Å². The third kappa shape index (κ3) is 3.42. The number of carbonyl (C=O) groups is 1. The van der Waals surface area contributed by atoms with Crippen molar-refractivity contribution in [1.82, 2.24) is 14.9 Å². The van der Waals surface area contributed by atoms with Gasteiger partial charge in [0.15, 0.2) is 0 Å². The maximum atomic E-state index is 10.8. The predicted molar refractivity (Wildman–Crippen MR) is 92.1 cm³/mol. The molecule has 1 heterocycles. The summed E-state index contributed by atoms with van der Waals surface area (Å²) in [6.45, 7) is 2.85. The van der Waals surface area contributed by atoms with Crippen LogP contribution < -0.4 is 5.32 Å². The zero-order valence-corrected chi connectivity index (χ0v) is 13.3. The third-order valence-electron chi connectivity index (χ3n) is 4.08. The molecule has 2 aromatic carbocycles. The molecule has 1 aromatic heterocycles. The van der Waals surface area contributed by atoms with Gasteiger partial charge in [0, 0.05) is 6.54 Å². The topological polar surface area (TPSA) is 46.9 Å². The van der Waals surface area contributed by atoms with E-state index in [1.54, 1.807) is 0 Å². The monoisotopic (exact) mass is 307 g/mol. The van der Waals surface area contributed by atoms with E-state index in [2.05, 4.69) is 40.2 Å². The molecule has 0 unspecified atom stereocenters. The highest BCUT2D eigenvalue weighted by atomic mass is 16.1. The molecule has 1 atom stereocenters. The van der Waals surface area contributed by atoms with Gasteiger partial charge >= 0.3 is 0 Å². The molecule has 1 N–H and O–H groups in total. The fraction of sp³-hybridized carbons (Fsp3) is 0.263. The molecule has 3 rings (SSSR count). The van der Waals surface area contributed by atoms with Gasteiger partial charge in [-0.05, 0) is 37.5 Å². The summed E-state index contributed by atoms with van der Waals surface area (Å²) in [6.07, 6.45) is 2.80. The lowest BCUT2D eigenvalue weighted by atomic mass is 10.1. The minimum Gasteiger partial charge on any atom is -0.349 e. The van der Waals surface area contributed by atoms with Gasteiger partial charge in [-0.15, -0.1) is 0 Å². The molecule has 3 aromatic rings. The van der Waals surface area contributed by atoms with Crippen LogP contribution in [-0.4, -0.2) is 16.0 Å². The second-order valence-corrected chi connectivity index (χ2v) is 5.71. The number of nitrogens with zero attached hydrogens (tertiary/aromatic N) is 2. The Bertz CT molecular complexity index is 780. The van der Waals surface area contributed by atoms with Crippen LogP contribution in [0.5, 0.6) is 0 Å². The van der Waals surface area contributed by atoms with Gasteiger partial charge in [-0.2, -0.15) is 0 Å². The number of para-hydroxylation sites is 2. The van der Waals surface area contributed by atoms with E-state index in [9.17, 15) is 4.79 Å². The van der Waals surface area contributed by atoms with Crippen LogP contribution in [0, 0.1) is 0 Å². The summed E-state index contributed by atoms with van der Waals surface area (Å²) in [5.74, 6) is 0.909. The normalized spacial score (nSPS) is 12.2. The fourth-order valence-electron chi connectivity index (χ4n) is 2.92. The average molecular weight is 307 g/mol. The number of aryl methyl sites for hydroxylation is 2. The Labute approximate surface area is 136 Å². The van der Waals surface area contributed by atoms with Crippen molar-refractivity contribution >= 4 is 17.4 Å². The predicted octanol–water partition coefficient (Wildman–Crippen LogP) is 3.48. The Morgan fingerprint density at radius 2 is 1.87 bits per heavy atom. The third-order valence-corrected chi connectivity index (χ3v) is 4.08. The molecule has 4 nitrogen and oxygen atoms in total. The first kappa shape index (κ1) is 15.3. The van der Waals surface area contributed by atoms with Gasteiger partial charge in [0.2, 0.25) is 6.41 Å². The second-order valence-electron chi connectivity index (χ2n) is 5.71. The molecule has 0 radical (unpaired) electrons. The lowest BCUT2D eigenvalue weighted by Crippen LogP contribution is -2.20. The van der Waals surface area contributed by atoms with Crippen molar-refractivity contribution in [2.45, 2.75) is 32.4 Å². The van der Waals surface area contributed by atoms with Crippen molar-refractivity contribution < 1.29 is 4.79 Å². The maximum absolute atomic E-state index is 10.8. The molecule has 0 bridgehead atoms. The summed E-state index contributed by atoms with van der Waals surface area (Å²) >= 11 is 0. The molecular weight excluding hydrogens is 286 g/mol. The average Bonchev–Trinajstić information content (AvgIpc) is 2.95. The Hall–Kier alpha value is -2.62. The zero-order valence-electron chi connectivity index (χ0n) is 13.3. The van der Waals surface area contributed by atoms with Gasteiger partial charge < -0.3 is 9.88 Å². The highest BCUT2D eigenvalue weighted by Crippen LogP contribution is 2.21. The largest absolute Gasteiger partial charge is 0.349 e. The molecular formula is C19H21N3O. The number of rotatable bonds is 7.